The highest BCUT2D eigenvalue weighted by atomic mass is 32.2. The molecule has 1 aromatic carbocycles. The van der Waals surface area contributed by atoms with Crippen LogP contribution in [0.15, 0.2) is 77.5 Å². The molecule has 3 amide bonds. The van der Waals surface area contributed by atoms with Gasteiger partial charge in [-0.3, -0.25) is 24.1 Å². The maximum Gasteiger partial charge on any atom is 0.294 e. The number of carbonyl (C=O) groups excluding carboxylic acids is 4. The number of hydrogen-bond donors (Lipinski definition) is 0. The number of ether oxygens (including phenoxy) is 1. The van der Waals surface area contributed by atoms with Gasteiger partial charge in [-0.05, 0) is 36.0 Å². The number of hydrogen-bond acceptors (Lipinski definition) is 7. The number of rotatable bonds is 4. The maximum atomic E-state index is 12.9. The van der Waals surface area contributed by atoms with Crippen molar-refractivity contribution in [2.45, 2.75) is 6.10 Å². The van der Waals surface area contributed by atoms with E-state index in [1.165, 1.54) is 12.3 Å². The van der Waals surface area contributed by atoms with E-state index >= 15 is 0 Å². The normalized spacial score (nSPS) is 25.5. The van der Waals surface area contributed by atoms with E-state index in [0.29, 0.717) is 26.2 Å². The number of anilines is 1. The number of benzene rings is 1. The van der Waals surface area contributed by atoms with E-state index in [1.54, 1.807) is 23.1 Å². The fourth-order valence-corrected chi connectivity index (χ4v) is 5.16. The van der Waals surface area contributed by atoms with Crippen molar-refractivity contribution in [2.75, 3.05) is 37.6 Å². The molecule has 0 bridgehead atoms. The van der Waals surface area contributed by atoms with Gasteiger partial charge in [0.15, 0.2) is 5.78 Å². The molecule has 0 saturated carbocycles. The minimum atomic E-state index is -0.568. The van der Waals surface area contributed by atoms with E-state index in [9.17, 15) is 19.2 Å². The number of piperazine rings is 1. The van der Waals surface area contributed by atoms with Crippen LogP contribution in [0.2, 0.25) is 0 Å². The lowest BCUT2D eigenvalue weighted by Crippen LogP contribution is -2.51. The number of amides is 3. The van der Waals surface area contributed by atoms with Gasteiger partial charge in [-0.1, -0.05) is 36.4 Å². The molecule has 0 unspecified atom stereocenters. The number of imide groups is 1. The monoisotopic (exact) mass is 477 g/mol. The van der Waals surface area contributed by atoms with Crippen LogP contribution in [0.1, 0.15) is 0 Å². The van der Waals surface area contributed by atoms with Crippen LogP contribution < -0.4 is 4.90 Å². The minimum absolute atomic E-state index is 0.115. The highest BCUT2D eigenvalue weighted by Crippen LogP contribution is 2.34. The zero-order valence-electron chi connectivity index (χ0n) is 18.3. The SMILES string of the molecule is O=C1C(/C=C2/SC(=O)N(CC(=O)N3CCN(c4ccccc4)CC3)C2=O)=CO[C@@H]2C=CC=C[C@@H]12. The summed E-state index contributed by atoms with van der Waals surface area (Å²) in [5.41, 5.74) is 1.34. The second-order valence-corrected chi connectivity index (χ2v) is 9.30. The zero-order valence-corrected chi connectivity index (χ0v) is 19.1. The molecule has 3 heterocycles. The molecule has 34 heavy (non-hydrogen) atoms. The summed E-state index contributed by atoms with van der Waals surface area (Å²) in [6.07, 6.45) is 9.52. The molecule has 0 aromatic heterocycles. The van der Waals surface area contributed by atoms with Crippen molar-refractivity contribution in [3.8, 4) is 0 Å². The molecular formula is C25H23N3O5S. The van der Waals surface area contributed by atoms with Crippen molar-refractivity contribution in [1.82, 2.24) is 9.80 Å². The topological polar surface area (TPSA) is 87.2 Å². The molecule has 0 N–H and O–H groups in total. The molecule has 2 fully saturated rings. The van der Waals surface area contributed by atoms with Crippen molar-refractivity contribution < 1.29 is 23.9 Å². The zero-order chi connectivity index (χ0) is 23.7. The first-order chi connectivity index (χ1) is 16.5. The molecule has 2 saturated heterocycles. The van der Waals surface area contributed by atoms with E-state index in [-0.39, 0.29) is 34.8 Å². The molecule has 4 aliphatic rings. The maximum absolute atomic E-state index is 12.9. The van der Waals surface area contributed by atoms with Crippen LogP contribution in [0.4, 0.5) is 10.5 Å². The van der Waals surface area contributed by atoms with Crippen LogP contribution in [-0.4, -0.2) is 71.5 Å². The Morgan fingerprint density at radius 3 is 2.53 bits per heavy atom. The van der Waals surface area contributed by atoms with Gasteiger partial charge in [-0.2, -0.15) is 0 Å². The third kappa shape index (κ3) is 4.31. The summed E-state index contributed by atoms with van der Waals surface area (Å²) in [6.45, 7) is 2.08. The molecule has 1 aromatic rings. The predicted octanol–water partition coefficient (Wildman–Crippen LogP) is 2.51. The molecule has 5 rings (SSSR count). The van der Waals surface area contributed by atoms with E-state index in [0.717, 1.165) is 22.3 Å². The lowest BCUT2D eigenvalue weighted by molar-refractivity contribution is -0.136. The molecule has 9 heteroatoms. The molecule has 3 aliphatic heterocycles. The van der Waals surface area contributed by atoms with E-state index < -0.39 is 17.1 Å². The number of para-hydroxylation sites is 1. The third-order valence-electron chi connectivity index (χ3n) is 6.23. The summed E-state index contributed by atoms with van der Waals surface area (Å²) < 4.78 is 5.60. The van der Waals surface area contributed by atoms with Crippen LogP contribution in [-0.2, 0) is 19.1 Å². The molecule has 1 aliphatic carbocycles. The second kappa shape index (κ2) is 9.34. The van der Waals surface area contributed by atoms with Crippen LogP contribution in [0.5, 0.6) is 0 Å². The Morgan fingerprint density at radius 1 is 1.03 bits per heavy atom. The molecule has 0 spiro atoms. The van der Waals surface area contributed by atoms with Gasteiger partial charge in [0.2, 0.25) is 5.91 Å². The highest BCUT2D eigenvalue weighted by molar-refractivity contribution is 8.18. The van der Waals surface area contributed by atoms with E-state index in [1.807, 2.05) is 36.4 Å². The van der Waals surface area contributed by atoms with E-state index in [4.69, 9.17) is 4.74 Å². The van der Waals surface area contributed by atoms with Gasteiger partial charge in [0.05, 0.1) is 22.7 Å². The number of allylic oxidation sites excluding steroid dienone is 4. The van der Waals surface area contributed by atoms with Gasteiger partial charge < -0.3 is 14.5 Å². The van der Waals surface area contributed by atoms with E-state index in [2.05, 4.69) is 4.90 Å². The summed E-state index contributed by atoms with van der Waals surface area (Å²) in [6, 6.07) is 9.98. The Morgan fingerprint density at radius 2 is 1.76 bits per heavy atom. The number of fused-ring (bicyclic) bond motifs is 1. The molecule has 8 nitrogen and oxygen atoms in total. The first-order valence-electron chi connectivity index (χ1n) is 11.1. The fraction of sp³-hybridized carbons (Fsp3) is 0.280. The quantitative estimate of drug-likeness (QED) is 0.616. The summed E-state index contributed by atoms with van der Waals surface area (Å²) in [7, 11) is 0. The number of carbonyl (C=O) groups is 4. The molecule has 2 atom stereocenters. The van der Waals surface area contributed by atoms with Crippen molar-refractivity contribution in [1.29, 1.82) is 0 Å². The Hall–Kier alpha value is -3.59. The number of nitrogens with zero attached hydrogens (tertiary/aromatic N) is 3. The number of thioether (sulfide) groups is 1. The molecular weight excluding hydrogens is 454 g/mol. The molecule has 174 valence electrons. The van der Waals surface area contributed by atoms with Crippen LogP contribution in [0.25, 0.3) is 0 Å². The largest absolute Gasteiger partial charge is 0.492 e. The van der Waals surface area contributed by atoms with Gasteiger partial charge >= 0.3 is 0 Å². The first kappa shape index (κ1) is 22.2. The Bertz CT molecular complexity index is 1150. The van der Waals surface area contributed by atoms with Crippen molar-refractivity contribution in [3.63, 3.8) is 0 Å². The summed E-state index contributed by atoms with van der Waals surface area (Å²) in [4.78, 5) is 55.9. The van der Waals surface area contributed by atoms with Crippen molar-refractivity contribution in [3.05, 3.63) is 77.5 Å². The van der Waals surface area contributed by atoms with Crippen LogP contribution in [0, 0.1) is 5.92 Å². The van der Waals surface area contributed by atoms with Gasteiger partial charge in [-0.15, -0.1) is 0 Å². The standard InChI is InChI=1S/C25H23N3O5S/c29-22(27-12-10-26(11-13-27)18-6-2-1-3-7-18)15-28-24(31)21(34-25(28)32)14-17-16-33-20-9-5-4-8-19(20)23(17)30/h1-9,14,16,19-20H,10-13,15H2/b21-14+/t19-,20-/m1/s1. The lowest BCUT2D eigenvalue weighted by atomic mass is 9.88. The van der Waals surface area contributed by atoms with Gasteiger partial charge in [0, 0.05) is 31.9 Å². The summed E-state index contributed by atoms with van der Waals surface area (Å²) >= 11 is 0.732. The highest BCUT2D eigenvalue weighted by Gasteiger charge is 2.39. The van der Waals surface area contributed by atoms with Crippen molar-refractivity contribution in [2.24, 2.45) is 5.92 Å². The lowest BCUT2D eigenvalue weighted by Gasteiger charge is -2.36. The van der Waals surface area contributed by atoms with Crippen LogP contribution >= 0.6 is 11.8 Å². The fourth-order valence-electron chi connectivity index (χ4n) is 4.33. The molecule has 0 radical (unpaired) electrons. The van der Waals surface area contributed by atoms with Gasteiger partial charge in [0.25, 0.3) is 11.1 Å². The Kier molecular flexibility index (Phi) is 6.10. The summed E-state index contributed by atoms with van der Waals surface area (Å²) in [5.74, 6) is -1.46. The number of Topliss-reactive ketones (excluding diaryl/α,β-unsaturated/α-hetero) is 1. The number of ketones is 1. The smallest absolute Gasteiger partial charge is 0.294 e. The minimum Gasteiger partial charge on any atom is -0.492 e. The first-order valence-corrected chi connectivity index (χ1v) is 11.9. The predicted molar refractivity (Wildman–Crippen MR) is 128 cm³/mol. The Labute approximate surface area is 201 Å². The van der Waals surface area contributed by atoms with Crippen LogP contribution in [0.3, 0.4) is 0 Å². The average molecular weight is 478 g/mol. The van der Waals surface area contributed by atoms with Gasteiger partial charge in [0.1, 0.15) is 12.6 Å². The van der Waals surface area contributed by atoms with Crippen molar-refractivity contribution >= 4 is 40.3 Å². The second-order valence-electron chi connectivity index (χ2n) is 8.30. The summed E-state index contributed by atoms with van der Waals surface area (Å²) in [5, 5.41) is -0.518. The third-order valence-corrected chi connectivity index (χ3v) is 7.14. The Balaban J connectivity index is 1.21. The average Bonchev–Trinajstić information content (AvgIpc) is 3.13. The van der Waals surface area contributed by atoms with Gasteiger partial charge in [-0.25, -0.2) is 0 Å².